The van der Waals surface area contributed by atoms with E-state index in [0.717, 1.165) is 21.3 Å². The maximum Gasteiger partial charge on any atom is 0.270 e. The molecule has 0 saturated heterocycles. The van der Waals surface area contributed by atoms with E-state index in [1.54, 1.807) is 6.07 Å². The van der Waals surface area contributed by atoms with Crippen LogP contribution in [0.2, 0.25) is 0 Å². The summed E-state index contributed by atoms with van der Waals surface area (Å²) in [4.78, 5) is 12.6. The van der Waals surface area contributed by atoms with Gasteiger partial charge in [0.25, 0.3) is 5.91 Å². The molecule has 132 valence electrons. The topological polar surface area (TPSA) is 76.2 Å². The number of carbonyl (C=O) groups excluding carboxylic acids is 1. The van der Waals surface area contributed by atoms with Gasteiger partial charge in [-0.2, -0.15) is 5.10 Å². The zero-order chi connectivity index (χ0) is 18.1. The van der Waals surface area contributed by atoms with Gasteiger partial charge in [-0.25, -0.2) is 0 Å². The van der Waals surface area contributed by atoms with Gasteiger partial charge >= 0.3 is 0 Å². The van der Waals surface area contributed by atoms with Crippen LogP contribution in [0, 0.1) is 6.92 Å². The number of para-hydroxylation sites is 2. The number of hydrogen-bond acceptors (Lipinski definition) is 4. The van der Waals surface area contributed by atoms with Crippen LogP contribution in [0.3, 0.4) is 0 Å². The van der Waals surface area contributed by atoms with Gasteiger partial charge in [-0.1, -0.05) is 40.2 Å². The lowest BCUT2D eigenvalue weighted by atomic mass is 10.1. The number of rotatable bonds is 3. The van der Waals surface area contributed by atoms with Crippen LogP contribution in [-0.4, -0.2) is 28.8 Å². The summed E-state index contributed by atoms with van der Waals surface area (Å²) in [7, 11) is 0. The Balaban J connectivity index is 1.55. The minimum atomic E-state index is -0.736. The summed E-state index contributed by atoms with van der Waals surface area (Å²) in [6.45, 7) is 2.07. The third-order valence-corrected chi connectivity index (χ3v) is 4.65. The minimum absolute atomic E-state index is 0.153. The molecule has 0 fully saturated rings. The highest BCUT2D eigenvalue weighted by molar-refractivity contribution is 9.10. The van der Waals surface area contributed by atoms with E-state index in [2.05, 4.69) is 31.4 Å². The van der Waals surface area contributed by atoms with Gasteiger partial charge in [-0.3, -0.25) is 9.89 Å². The zero-order valence-electron chi connectivity index (χ0n) is 14.0. The van der Waals surface area contributed by atoms with E-state index < -0.39 is 6.10 Å². The average Bonchev–Trinajstić information content (AvgIpc) is 3.02. The summed E-state index contributed by atoms with van der Waals surface area (Å²) in [6, 6.07) is 15.1. The molecular formula is C19H16BrN3O3. The highest BCUT2D eigenvalue weighted by Gasteiger charge is 2.28. The smallest absolute Gasteiger partial charge is 0.270 e. The number of benzene rings is 2. The Hall–Kier alpha value is -2.80. The first kappa shape index (κ1) is 16.7. The Morgan fingerprint density at radius 1 is 1.19 bits per heavy atom. The number of carbonyl (C=O) groups is 1. The van der Waals surface area contributed by atoms with Crippen molar-refractivity contribution in [2.75, 3.05) is 11.9 Å². The van der Waals surface area contributed by atoms with E-state index in [4.69, 9.17) is 9.47 Å². The van der Waals surface area contributed by atoms with Gasteiger partial charge < -0.3 is 14.8 Å². The molecule has 2 N–H and O–H groups in total. The largest absolute Gasteiger partial charge is 0.485 e. The molecule has 1 amide bonds. The van der Waals surface area contributed by atoms with E-state index in [1.807, 2.05) is 49.4 Å². The van der Waals surface area contributed by atoms with Gasteiger partial charge in [0.2, 0.25) is 6.10 Å². The molecule has 4 rings (SSSR count). The molecular weight excluding hydrogens is 398 g/mol. The highest BCUT2D eigenvalue weighted by atomic mass is 79.9. The summed E-state index contributed by atoms with van der Waals surface area (Å²) < 4.78 is 12.3. The Labute approximate surface area is 158 Å². The first-order chi connectivity index (χ1) is 12.6. The highest BCUT2D eigenvalue weighted by Crippen LogP contribution is 2.33. The summed E-state index contributed by atoms with van der Waals surface area (Å²) in [5.41, 5.74) is 2.68. The normalized spacial score (nSPS) is 15.5. The molecule has 0 aliphatic carbocycles. The monoisotopic (exact) mass is 413 g/mol. The number of H-pyrrole nitrogens is 1. The van der Waals surface area contributed by atoms with E-state index in [0.29, 0.717) is 17.3 Å². The van der Waals surface area contributed by atoms with Crippen LogP contribution in [-0.2, 0) is 4.79 Å². The predicted molar refractivity (Wildman–Crippen MR) is 101 cm³/mol. The third-order valence-electron chi connectivity index (χ3n) is 4.12. The number of fused-ring (bicyclic) bond motifs is 1. The number of nitrogens with zero attached hydrogens (tertiary/aromatic N) is 1. The number of anilines is 1. The zero-order valence-corrected chi connectivity index (χ0v) is 15.5. The van der Waals surface area contributed by atoms with Crippen LogP contribution in [0.4, 0.5) is 5.82 Å². The van der Waals surface area contributed by atoms with E-state index in [1.165, 1.54) is 0 Å². The van der Waals surface area contributed by atoms with E-state index in [9.17, 15) is 4.79 Å². The number of aromatic amines is 1. The Morgan fingerprint density at radius 2 is 1.92 bits per heavy atom. The number of aromatic nitrogens is 2. The van der Waals surface area contributed by atoms with Gasteiger partial charge in [0.1, 0.15) is 6.61 Å². The maximum absolute atomic E-state index is 12.6. The number of halogens is 1. The maximum atomic E-state index is 12.6. The second kappa shape index (κ2) is 6.84. The fourth-order valence-electron chi connectivity index (χ4n) is 2.84. The molecule has 1 unspecified atom stereocenters. The SMILES string of the molecule is Cc1[nH]nc(NC(=O)C2COc3ccccc3O2)c1-c1ccc(Br)cc1. The molecule has 26 heavy (non-hydrogen) atoms. The van der Waals surface area contributed by atoms with Crippen LogP contribution in [0.1, 0.15) is 5.69 Å². The summed E-state index contributed by atoms with van der Waals surface area (Å²) in [5, 5.41) is 10.0. The molecule has 1 aliphatic heterocycles. The van der Waals surface area contributed by atoms with Gasteiger partial charge in [0.15, 0.2) is 17.3 Å². The summed E-state index contributed by atoms with van der Waals surface area (Å²) in [6.07, 6.45) is -0.736. The molecule has 0 spiro atoms. The molecule has 0 bridgehead atoms. The minimum Gasteiger partial charge on any atom is -0.485 e. The van der Waals surface area contributed by atoms with Crippen molar-refractivity contribution < 1.29 is 14.3 Å². The quantitative estimate of drug-likeness (QED) is 0.681. The van der Waals surface area contributed by atoms with Crippen LogP contribution < -0.4 is 14.8 Å². The molecule has 3 aromatic rings. The van der Waals surface area contributed by atoms with Gasteiger partial charge in [-0.05, 0) is 36.8 Å². The molecule has 1 atom stereocenters. The van der Waals surface area contributed by atoms with E-state index in [-0.39, 0.29) is 12.5 Å². The average molecular weight is 414 g/mol. The van der Waals surface area contributed by atoms with Crippen molar-refractivity contribution in [3.63, 3.8) is 0 Å². The van der Waals surface area contributed by atoms with Crippen molar-refractivity contribution in [2.45, 2.75) is 13.0 Å². The van der Waals surface area contributed by atoms with Gasteiger partial charge in [0, 0.05) is 15.7 Å². The molecule has 2 heterocycles. The third kappa shape index (κ3) is 3.17. The second-order valence-corrected chi connectivity index (χ2v) is 6.85. The first-order valence-corrected chi connectivity index (χ1v) is 8.91. The first-order valence-electron chi connectivity index (χ1n) is 8.12. The van der Waals surface area contributed by atoms with Crippen molar-refractivity contribution in [3.05, 3.63) is 58.7 Å². The number of ether oxygens (including phenoxy) is 2. The Kier molecular flexibility index (Phi) is 4.38. The lowest BCUT2D eigenvalue weighted by Crippen LogP contribution is -2.40. The van der Waals surface area contributed by atoms with Crippen LogP contribution in [0.15, 0.2) is 53.0 Å². The lowest BCUT2D eigenvalue weighted by Gasteiger charge is -2.25. The molecule has 6 nitrogen and oxygen atoms in total. The number of amides is 1. The summed E-state index contributed by atoms with van der Waals surface area (Å²) in [5.74, 6) is 1.37. The van der Waals surface area contributed by atoms with Gasteiger partial charge in [0.05, 0.1) is 0 Å². The van der Waals surface area contributed by atoms with E-state index >= 15 is 0 Å². The van der Waals surface area contributed by atoms with Crippen molar-refractivity contribution in [1.82, 2.24) is 10.2 Å². The number of aryl methyl sites for hydroxylation is 1. The second-order valence-electron chi connectivity index (χ2n) is 5.93. The number of hydrogen-bond donors (Lipinski definition) is 2. The molecule has 2 aromatic carbocycles. The molecule has 0 saturated carbocycles. The van der Waals surface area contributed by atoms with Crippen molar-refractivity contribution in [2.24, 2.45) is 0 Å². The Bertz CT molecular complexity index is 953. The van der Waals surface area contributed by atoms with Crippen molar-refractivity contribution >= 4 is 27.7 Å². The molecule has 1 aliphatic rings. The number of nitrogens with one attached hydrogen (secondary N) is 2. The fraction of sp³-hybridized carbons (Fsp3) is 0.158. The predicted octanol–water partition coefficient (Wildman–Crippen LogP) is 3.93. The fourth-order valence-corrected chi connectivity index (χ4v) is 3.10. The van der Waals surface area contributed by atoms with Gasteiger partial charge in [-0.15, -0.1) is 0 Å². The van der Waals surface area contributed by atoms with Crippen molar-refractivity contribution in [1.29, 1.82) is 0 Å². The molecule has 7 heteroatoms. The summed E-state index contributed by atoms with van der Waals surface area (Å²) >= 11 is 3.43. The van der Waals surface area contributed by atoms with Crippen LogP contribution >= 0.6 is 15.9 Å². The van der Waals surface area contributed by atoms with Crippen molar-refractivity contribution in [3.8, 4) is 22.6 Å². The molecule has 0 radical (unpaired) electrons. The Morgan fingerprint density at radius 3 is 2.69 bits per heavy atom. The molecule has 1 aromatic heterocycles. The lowest BCUT2D eigenvalue weighted by molar-refractivity contribution is -0.125. The van der Waals surface area contributed by atoms with Crippen LogP contribution in [0.25, 0.3) is 11.1 Å². The van der Waals surface area contributed by atoms with Crippen LogP contribution in [0.5, 0.6) is 11.5 Å². The standard InChI is InChI=1S/C19H16BrN3O3/c1-11-17(12-6-8-13(20)9-7-12)18(23-22-11)21-19(24)16-10-25-14-4-2-3-5-15(14)26-16/h2-9,16H,10H2,1H3,(H2,21,22,23,24).